The van der Waals surface area contributed by atoms with Gasteiger partial charge in [-0.2, -0.15) is 0 Å². The number of cyclic esters (lactones) is 1. The van der Waals surface area contributed by atoms with Gasteiger partial charge in [0.05, 0.1) is 37.7 Å². The number of carbonyl (C=O) groups is 5. The van der Waals surface area contributed by atoms with E-state index in [0.29, 0.717) is 119 Å². The van der Waals surface area contributed by atoms with E-state index < -0.39 is 40.0 Å². The summed E-state index contributed by atoms with van der Waals surface area (Å²) < 4.78 is 54.9. The van der Waals surface area contributed by atoms with E-state index in [1.54, 1.807) is 47.3 Å². The van der Waals surface area contributed by atoms with E-state index in [-0.39, 0.29) is 83.5 Å². The number of esters is 2. The lowest BCUT2D eigenvalue weighted by molar-refractivity contribution is -0.149. The van der Waals surface area contributed by atoms with Gasteiger partial charge >= 0.3 is 30.2 Å². The van der Waals surface area contributed by atoms with Crippen molar-refractivity contribution in [2.75, 3.05) is 65.2 Å². The lowest BCUT2D eigenvalue weighted by atomic mass is 9.57. The molecular formula is C73H102N12O12S. The number of sulfone groups is 1. The van der Waals surface area contributed by atoms with Crippen LogP contribution in [0.15, 0.2) is 41.3 Å². The number of anilines is 1. The number of rotatable bonds is 20. The number of ether oxygens (including phenoxy) is 5. The Labute approximate surface area is 577 Å². The number of methoxy groups -OCH3 is 1. The zero-order chi connectivity index (χ0) is 72.0. The molecule has 4 amide bonds. The fourth-order valence-corrected chi connectivity index (χ4v) is 16.4. The summed E-state index contributed by atoms with van der Waals surface area (Å²) in [7, 11) is -0.255. The van der Waals surface area contributed by atoms with Crippen molar-refractivity contribution >= 4 is 68.3 Å². The molecular weight excluding hydrogens is 1270 g/mol. The van der Waals surface area contributed by atoms with E-state index in [1.807, 2.05) is 12.1 Å². The lowest BCUT2D eigenvalue weighted by Gasteiger charge is -2.48. The molecule has 1 saturated heterocycles. The number of carbonyl (C=O) groups excluding carboxylic acids is 5. The molecule has 4 aromatic heterocycles. The Bertz CT molecular complexity index is 4090. The van der Waals surface area contributed by atoms with Crippen molar-refractivity contribution in [1.29, 1.82) is 0 Å². The number of urea groups is 1. The number of morpholine rings is 1. The summed E-state index contributed by atoms with van der Waals surface area (Å²) in [6, 6.07) is 9.86. The monoisotopic (exact) mass is 1370 g/mol. The molecule has 25 heteroatoms. The molecule has 0 radical (unpaired) electrons. The number of H-pyrrole nitrogens is 2. The number of likely N-dealkylation sites (N-methyl/N-ethyl adjacent to an activating group) is 1. The van der Waals surface area contributed by atoms with Crippen molar-refractivity contribution in [2.45, 2.75) is 160 Å². The Hall–Kier alpha value is -8.42. The second-order valence-electron chi connectivity index (χ2n) is 30.6. The second-order valence-corrected chi connectivity index (χ2v) is 32.6. The van der Waals surface area contributed by atoms with Crippen LogP contribution in [-0.2, 0) is 52.9 Å². The molecule has 8 atom stereocenters. The van der Waals surface area contributed by atoms with Crippen LogP contribution in [-0.4, -0.2) is 137 Å². The number of hydrogen-bond donors (Lipinski definition) is 4. The minimum absolute atomic E-state index is 0.00793. The van der Waals surface area contributed by atoms with Crippen molar-refractivity contribution in [3.05, 3.63) is 81.5 Å². The largest absolute Gasteiger partial charge is 0.464 e. The summed E-state index contributed by atoms with van der Waals surface area (Å²) >= 11 is 0. The highest BCUT2D eigenvalue weighted by atomic mass is 32.2. The summed E-state index contributed by atoms with van der Waals surface area (Å²) in [5.41, 5.74) is 11.7. The molecule has 9 rings (SSSR count). The third kappa shape index (κ3) is 18.1. The number of primary amides is 1. The molecule has 2 aromatic carbocycles. The zero-order valence-corrected chi connectivity index (χ0v) is 61.1. The highest BCUT2D eigenvalue weighted by Crippen LogP contribution is 2.54. The molecule has 8 unspecified atom stereocenters. The van der Waals surface area contributed by atoms with Crippen LogP contribution in [0.4, 0.5) is 31.4 Å². The third-order valence-corrected chi connectivity index (χ3v) is 20.9. The highest BCUT2D eigenvalue weighted by Gasteiger charge is 2.45. The number of fused-ring (bicyclic) bond motifs is 2. The summed E-state index contributed by atoms with van der Waals surface area (Å²) in [6.45, 7) is 47.8. The molecule has 5 N–H and O–H groups in total. The molecule has 3 fully saturated rings. The van der Waals surface area contributed by atoms with Crippen LogP contribution in [0.1, 0.15) is 151 Å². The third-order valence-electron chi connectivity index (χ3n) is 19.7. The van der Waals surface area contributed by atoms with Crippen molar-refractivity contribution in [2.24, 2.45) is 75.7 Å². The molecule has 0 spiro atoms. The van der Waals surface area contributed by atoms with Gasteiger partial charge in [0.2, 0.25) is 11.8 Å². The number of aromatic amines is 2. The van der Waals surface area contributed by atoms with Gasteiger partial charge in [-0.1, -0.05) is 83.1 Å². The van der Waals surface area contributed by atoms with E-state index >= 15 is 0 Å². The first-order valence-corrected chi connectivity index (χ1v) is 36.1. The maximum atomic E-state index is 13.5. The number of aryl methyl sites for hydroxylation is 1. The van der Waals surface area contributed by atoms with Crippen molar-refractivity contribution in [1.82, 2.24) is 39.0 Å². The van der Waals surface area contributed by atoms with Crippen molar-refractivity contribution in [3.63, 3.8) is 0 Å². The topological polar surface area (TPSA) is 285 Å². The van der Waals surface area contributed by atoms with E-state index in [4.69, 9.17) is 52.5 Å². The van der Waals surface area contributed by atoms with Crippen molar-refractivity contribution in [3.8, 4) is 34.5 Å². The minimum atomic E-state index is -3.41. The fourth-order valence-electron chi connectivity index (χ4n) is 15.4. The molecule has 98 heavy (non-hydrogen) atoms. The maximum Gasteiger partial charge on any atom is 0.416 e. The summed E-state index contributed by atoms with van der Waals surface area (Å²) in [5.74, 6) is 4.47. The molecule has 1 aliphatic heterocycles. The number of hydrogen-bond acceptors (Lipinski definition) is 14. The van der Waals surface area contributed by atoms with Gasteiger partial charge in [0.15, 0.2) is 21.5 Å². The molecule has 3 aliphatic rings. The molecule has 2 saturated carbocycles. The number of nitrogens with zero attached hydrogens (tertiary/aromatic N) is 8. The highest BCUT2D eigenvalue weighted by molar-refractivity contribution is 7.90. The van der Waals surface area contributed by atoms with Gasteiger partial charge in [-0.3, -0.25) is 24.7 Å². The fraction of sp³-hybridized carbons (Fsp3) is 0.603. The van der Waals surface area contributed by atoms with E-state index in [0.717, 1.165) is 55.2 Å². The Balaban J connectivity index is 0.000000250. The molecule has 0 bridgehead atoms. The van der Waals surface area contributed by atoms with Crippen LogP contribution in [0, 0.1) is 90.1 Å². The summed E-state index contributed by atoms with van der Waals surface area (Å²) in [4.78, 5) is 82.5. The van der Waals surface area contributed by atoms with Crippen LogP contribution in [0.2, 0.25) is 0 Å². The molecule has 6 aromatic rings. The first kappa shape index (κ1) is 75.4. The zero-order valence-electron chi connectivity index (χ0n) is 60.3. The van der Waals surface area contributed by atoms with Crippen LogP contribution in [0.3, 0.4) is 0 Å². The van der Waals surface area contributed by atoms with Gasteiger partial charge in [-0.05, 0) is 182 Å². The van der Waals surface area contributed by atoms with Crippen LogP contribution in [0.5, 0.6) is 11.8 Å². The average Bonchev–Trinajstić information content (AvgIpc) is 1.57. The first-order chi connectivity index (χ1) is 46.0. The van der Waals surface area contributed by atoms with Gasteiger partial charge in [0, 0.05) is 55.3 Å². The average molecular weight is 1370 g/mol. The van der Waals surface area contributed by atoms with Gasteiger partial charge < -0.3 is 39.6 Å². The first-order valence-electron chi connectivity index (χ1n) is 34.2. The minimum Gasteiger partial charge on any atom is -0.464 e. The SMILES string of the molecule is [C-]#[N+]c1c(CC2C(CC(C)C)CC(C)CC2C(C)(C)C)c2nc(-c3cc(CCOC)cc(NC(N)=O)c3)[nH]n2c1OC(=O)N1CCOC(=O)C1.[C-]#[N+]c1c(CC2C(CC(C)C)CC(C)CC2C(C)(C)C)c2nc(-c3ccc(S(C)(=O)=O)c(C)c3)[nH]n2c1OC(=O)N(C)CCOC(C)=O. The molecule has 532 valence electrons. The Morgan fingerprint density at radius 2 is 1.33 bits per heavy atom. The standard InChI is InChI=1S/C37H51N7O6.C36H51N5O6S/c1-21(2)13-24-14-22(3)15-29(37(4,5)6)27(24)19-28-31(39-7)34(50-36(47)43-10-12-49-30(45)20-43)44-33(28)41-32(42-44)25-16-23(9-11-48-8)17-26(18-25)40-35(38)46;1-21(2)16-26-17-22(3)18-29(36(6,7)8)27(26)20-28-31(37-9)34(47-35(43)40(10)14-15-46-24(5)42)41-33(28)38-32(39-41)25-12-13-30(23(4)19-25)48(11,44)45/h16-18,21-22,24,27,29H,9-15,19-20H2,1-6,8H3,(H,41,42)(H3,38,40,46);12-13,19,21-22,26-27,29H,14-18,20H2,1-8,10-11H3,(H,38,39). The number of nitrogens with one attached hydrogen (secondary N) is 3. The normalized spacial score (nSPS) is 20.7. The second kappa shape index (κ2) is 31.2. The van der Waals surface area contributed by atoms with Crippen LogP contribution in [0.25, 0.3) is 43.8 Å². The number of aromatic nitrogens is 6. The molecule has 24 nitrogen and oxygen atoms in total. The number of nitrogens with two attached hydrogens (primary N) is 1. The van der Waals surface area contributed by atoms with Crippen LogP contribution < -0.4 is 20.5 Å². The molecule has 2 aliphatic carbocycles. The van der Waals surface area contributed by atoms with E-state index in [9.17, 15) is 32.4 Å². The summed E-state index contributed by atoms with van der Waals surface area (Å²) in [5, 5.41) is 9.19. The predicted molar refractivity (Wildman–Crippen MR) is 376 cm³/mol. The molecule has 5 heterocycles. The van der Waals surface area contributed by atoms with Crippen LogP contribution >= 0.6 is 0 Å². The Morgan fingerprint density at radius 1 is 0.796 bits per heavy atom. The lowest BCUT2D eigenvalue weighted by Crippen LogP contribution is -2.44. The van der Waals surface area contributed by atoms with Gasteiger partial charge in [0.25, 0.3) is 11.4 Å². The van der Waals surface area contributed by atoms with Gasteiger partial charge in [0.1, 0.15) is 31.1 Å². The number of benzene rings is 2. The van der Waals surface area contributed by atoms with Gasteiger partial charge in [-0.15, -0.1) is 0 Å². The smallest absolute Gasteiger partial charge is 0.416 e. The van der Waals surface area contributed by atoms with E-state index in [2.05, 4.69) is 108 Å². The maximum absolute atomic E-state index is 13.5. The summed E-state index contributed by atoms with van der Waals surface area (Å²) in [6.07, 6.45) is 8.07. The Morgan fingerprint density at radius 3 is 1.79 bits per heavy atom. The Kier molecular flexibility index (Phi) is 24.0. The van der Waals surface area contributed by atoms with Crippen molar-refractivity contribution < 1.29 is 56.1 Å². The quantitative estimate of drug-likeness (QED) is 0.0408. The predicted octanol–water partition coefficient (Wildman–Crippen LogP) is 14.3. The number of amides is 4. The van der Waals surface area contributed by atoms with E-state index in [1.165, 1.54) is 30.0 Å². The van der Waals surface area contributed by atoms with Gasteiger partial charge in [-0.25, -0.2) is 51.5 Å².